The van der Waals surface area contributed by atoms with E-state index >= 15 is 0 Å². The van der Waals surface area contributed by atoms with Crippen LogP contribution in [-0.4, -0.2) is 57.5 Å². The maximum absolute atomic E-state index is 11.7. The van der Waals surface area contributed by atoms with E-state index in [0.717, 1.165) is 38.2 Å². The summed E-state index contributed by atoms with van der Waals surface area (Å²) in [6.45, 7) is 5.01. The van der Waals surface area contributed by atoms with Gasteiger partial charge in [0.25, 0.3) is 0 Å². The summed E-state index contributed by atoms with van der Waals surface area (Å²) in [5.41, 5.74) is 1.26. The Morgan fingerprint density at radius 3 is 2.44 bits per heavy atom. The Morgan fingerprint density at radius 1 is 1.24 bits per heavy atom. The summed E-state index contributed by atoms with van der Waals surface area (Å²) in [5, 5.41) is 2.77. The SMILES string of the molecule is CCS(=O)(=O)CC(=O)NCC1CCN(Cc2ccc(OC)cc2)CC1. The lowest BCUT2D eigenvalue weighted by Gasteiger charge is -2.32. The van der Waals surface area contributed by atoms with Gasteiger partial charge in [-0.2, -0.15) is 0 Å². The molecule has 1 N–H and O–H groups in total. The van der Waals surface area contributed by atoms with Crippen LogP contribution in [0.25, 0.3) is 0 Å². The van der Waals surface area contributed by atoms with Gasteiger partial charge in [-0.1, -0.05) is 19.1 Å². The van der Waals surface area contributed by atoms with Gasteiger partial charge in [-0.3, -0.25) is 9.69 Å². The molecule has 1 aromatic rings. The largest absolute Gasteiger partial charge is 0.497 e. The lowest BCUT2D eigenvalue weighted by molar-refractivity contribution is -0.118. The van der Waals surface area contributed by atoms with Crippen molar-refractivity contribution in [1.82, 2.24) is 10.2 Å². The zero-order valence-electron chi connectivity index (χ0n) is 15.0. The van der Waals surface area contributed by atoms with Crippen LogP contribution in [0, 0.1) is 5.92 Å². The Bertz CT molecular complexity index is 650. The van der Waals surface area contributed by atoms with Crippen molar-refractivity contribution >= 4 is 15.7 Å². The number of hydrogen-bond donors (Lipinski definition) is 1. The number of likely N-dealkylation sites (tertiary alicyclic amines) is 1. The average Bonchev–Trinajstić information content (AvgIpc) is 2.61. The number of benzene rings is 1. The molecule has 1 fully saturated rings. The van der Waals surface area contributed by atoms with E-state index in [2.05, 4.69) is 22.3 Å². The molecule has 0 unspecified atom stereocenters. The van der Waals surface area contributed by atoms with Gasteiger partial charge < -0.3 is 10.1 Å². The highest BCUT2D eigenvalue weighted by Crippen LogP contribution is 2.19. The zero-order chi connectivity index (χ0) is 18.3. The van der Waals surface area contributed by atoms with E-state index in [1.807, 2.05) is 12.1 Å². The number of ether oxygens (including phenoxy) is 1. The van der Waals surface area contributed by atoms with Crippen LogP contribution < -0.4 is 10.1 Å². The Balaban J connectivity index is 1.69. The normalized spacial score (nSPS) is 16.6. The molecule has 0 atom stereocenters. The van der Waals surface area contributed by atoms with Crippen molar-refractivity contribution in [2.24, 2.45) is 5.92 Å². The first-order chi connectivity index (χ1) is 11.9. The molecule has 140 valence electrons. The van der Waals surface area contributed by atoms with Gasteiger partial charge in [-0.15, -0.1) is 0 Å². The predicted molar refractivity (Wildman–Crippen MR) is 98.3 cm³/mol. The predicted octanol–water partition coefficient (Wildman–Crippen LogP) is 1.46. The first kappa shape index (κ1) is 19.7. The highest BCUT2D eigenvalue weighted by Gasteiger charge is 2.21. The molecule has 1 aromatic carbocycles. The molecule has 0 radical (unpaired) electrons. The second-order valence-corrected chi connectivity index (χ2v) is 8.90. The van der Waals surface area contributed by atoms with Gasteiger partial charge >= 0.3 is 0 Å². The quantitative estimate of drug-likeness (QED) is 0.752. The summed E-state index contributed by atoms with van der Waals surface area (Å²) in [5.74, 6) is 0.496. The molecule has 0 saturated carbocycles. The molecule has 0 aromatic heterocycles. The van der Waals surface area contributed by atoms with Crippen LogP contribution in [0.4, 0.5) is 0 Å². The van der Waals surface area contributed by atoms with Crippen LogP contribution in [0.3, 0.4) is 0 Å². The van der Waals surface area contributed by atoms with Crippen molar-refractivity contribution < 1.29 is 17.9 Å². The third-order valence-corrected chi connectivity index (χ3v) is 6.23. The molecule has 25 heavy (non-hydrogen) atoms. The molecule has 1 amide bonds. The smallest absolute Gasteiger partial charge is 0.235 e. The fourth-order valence-electron chi connectivity index (χ4n) is 2.95. The van der Waals surface area contributed by atoms with E-state index in [4.69, 9.17) is 4.74 Å². The van der Waals surface area contributed by atoms with Gasteiger partial charge in [0.1, 0.15) is 11.5 Å². The molecule has 1 aliphatic rings. The second-order valence-electron chi connectivity index (χ2n) is 6.55. The van der Waals surface area contributed by atoms with Crippen molar-refractivity contribution in [3.8, 4) is 5.75 Å². The Kier molecular flexibility index (Phi) is 7.25. The molecule has 1 aliphatic heterocycles. The monoisotopic (exact) mass is 368 g/mol. The molecule has 7 heteroatoms. The van der Waals surface area contributed by atoms with Crippen LogP contribution in [0.5, 0.6) is 5.75 Å². The maximum atomic E-state index is 11.7. The third-order valence-electron chi connectivity index (χ3n) is 4.65. The molecule has 1 saturated heterocycles. The highest BCUT2D eigenvalue weighted by atomic mass is 32.2. The Morgan fingerprint density at radius 2 is 1.88 bits per heavy atom. The van der Waals surface area contributed by atoms with Crippen molar-refractivity contribution in [1.29, 1.82) is 0 Å². The number of nitrogens with one attached hydrogen (secondary N) is 1. The number of piperidine rings is 1. The molecule has 0 aliphatic carbocycles. The highest BCUT2D eigenvalue weighted by molar-refractivity contribution is 7.92. The molecular formula is C18H28N2O4S. The van der Waals surface area contributed by atoms with E-state index in [0.29, 0.717) is 12.5 Å². The summed E-state index contributed by atoms with van der Waals surface area (Å²) < 4.78 is 28.1. The molecule has 0 bridgehead atoms. The van der Waals surface area contributed by atoms with E-state index in [1.54, 1.807) is 14.0 Å². The topological polar surface area (TPSA) is 75.7 Å². The number of nitrogens with zero attached hydrogens (tertiary/aromatic N) is 1. The Hall–Kier alpha value is -1.60. The first-order valence-corrected chi connectivity index (χ1v) is 10.6. The molecule has 2 rings (SSSR count). The average molecular weight is 368 g/mol. The fraction of sp³-hybridized carbons (Fsp3) is 0.611. The van der Waals surface area contributed by atoms with Crippen LogP contribution >= 0.6 is 0 Å². The van der Waals surface area contributed by atoms with Gasteiger partial charge in [0.2, 0.25) is 5.91 Å². The van der Waals surface area contributed by atoms with E-state index in [-0.39, 0.29) is 11.7 Å². The van der Waals surface area contributed by atoms with Crippen LogP contribution in [0.15, 0.2) is 24.3 Å². The standard InChI is InChI=1S/C18H28N2O4S/c1-3-25(22,23)14-18(21)19-12-15-8-10-20(11-9-15)13-16-4-6-17(24-2)7-5-16/h4-7,15H,3,8-14H2,1-2H3,(H,19,21). The zero-order valence-corrected chi connectivity index (χ0v) is 15.8. The van der Waals surface area contributed by atoms with Crippen molar-refractivity contribution in [2.75, 3.05) is 38.2 Å². The van der Waals surface area contributed by atoms with Gasteiger partial charge in [-0.05, 0) is 49.5 Å². The fourth-order valence-corrected chi connectivity index (χ4v) is 3.65. The van der Waals surface area contributed by atoms with Gasteiger partial charge in [0, 0.05) is 18.8 Å². The van der Waals surface area contributed by atoms with E-state index < -0.39 is 15.6 Å². The number of carbonyl (C=O) groups is 1. The maximum Gasteiger partial charge on any atom is 0.235 e. The molecular weight excluding hydrogens is 340 g/mol. The molecule has 0 spiro atoms. The van der Waals surface area contributed by atoms with E-state index in [1.165, 1.54) is 5.56 Å². The van der Waals surface area contributed by atoms with Crippen molar-refractivity contribution in [3.05, 3.63) is 29.8 Å². The second kappa shape index (κ2) is 9.20. The lowest BCUT2D eigenvalue weighted by atomic mass is 9.96. The van der Waals surface area contributed by atoms with Crippen molar-refractivity contribution in [2.45, 2.75) is 26.3 Å². The summed E-state index contributed by atoms with van der Waals surface area (Å²) >= 11 is 0. The molecule has 6 nitrogen and oxygen atoms in total. The minimum absolute atomic E-state index is 0.00414. The number of amides is 1. The number of methoxy groups -OCH3 is 1. The molecule has 1 heterocycles. The summed E-state index contributed by atoms with van der Waals surface area (Å²) in [6.07, 6.45) is 2.02. The van der Waals surface area contributed by atoms with Crippen LogP contribution in [-0.2, 0) is 21.2 Å². The third kappa shape index (κ3) is 6.66. The summed E-state index contributed by atoms with van der Waals surface area (Å²) in [6, 6.07) is 8.11. The minimum atomic E-state index is -3.25. The van der Waals surface area contributed by atoms with Crippen LogP contribution in [0.1, 0.15) is 25.3 Å². The number of carbonyl (C=O) groups excluding carboxylic acids is 1. The van der Waals surface area contributed by atoms with Gasteiger partial charge in [-0.25, -0.2) is 8.42 Å². The van der Waals surface area contributed by atoms with Gasteiger partial charge in [0.05, 0.1) is 7.11 Å². The summed E-state index contributed by atoms with van der Waals surface area (Å²) in [4.78, 5) is 14.1. The minimum Gasteiger partial charge on any atom is -0.497 e. The first-order valence-electron chi connectivity index (χ1n) is 8.74. The summed E-state index contributed by atoms with van der Waals surface area (Å²) in [7, 11) is -1.59. The number of sulfone groups is 1. The Labute approximate surface area is 150 Å². The number of hydrogen-bond acceptors (Lipinski definition) is 5. The van der Waals surface area contributed by atoms with Gasteiger partial charge in [0.15, 0.2) is 9.84 Å². The lowest BCUT2D eigenvalue weighted by Crippen LogP contribution is -2.39. The van der Waals surface area contributed by atoms with Crippen molar-refractivity contribution in [3.63, 3.8) is 0 Å². The number of rotatable bonds is 8. The van der Waals surface area contributed by atoms with E-state index in [9.17, 15) is 13.2 Å². The van der Waals surface area contributed by atoms with Crippen LogP contribution in [0.2, 0.25) is 0 Å².